The van der Waals surface area contributed by atoms with Gasteiger partial charge < -0.3 is 10.4 Å². The standard InChI is InChI=1S/C18H21F2N3O4/c1-2-18(19,20)17(27)21-8-10-3-4-12-11(7-10)9-23(16(12)26)13-5-6-14(24)22-15(13)25/h3-4,7,13,16,26H,2,5-6,8-9H2,1H3,(H,21,27)(H,22,24,25). The van der Waals surface area contributed by atoms with Crippen molar-refractivity contribution in [1.29, 1.82) is 0 Å². The normalized spacial score (nSPS) is 23.1. The number of nitrogens with one attached hydrogen (secondary N) is 2. The highest BCUT2D eigenvalue weighted by atomic mass is 19.3. The van der Waals surface area contributed by atoms with Crippen LogP contribution in [0.3, 0.4) is 0 Å². The zero-order valence-electron chi connectivity index (χ0n) is 14.8. The Morgan fingerprint density at radius 2 is 2.15 bits per heavy atom. The molecule has 1 aromatic rings. The van der Waals surface area contributed by atoms with Crippen molar-refractivity contribution in [2.24, 2.45) is 0 Å². The van der Waals surface area contributed by atoms with E-state index in [2.05, 4.69) is 10.6 Å². The molecular weight excluding hydrogens is 360 g/mol. The van der Waals surface area contributed by atoms with E-state index in [1.807, 2.05) is 0 Å². The number of aliphatic hydroxyl groups is 1. The summed E-state index contributed by atoms with van der Waals surface area (Å²) in [7, 11) is 0. The highest BCUT2D eigenvalue weighted by Gasteiger charge is 2.40. The smallest absolute Gasteiger partial charge is 0.324 e. The fourth-order valence-corrected chi connectivity index (χ4v) is 3.37. The molecule has 2 aliphatic heterocycles. The second kappa shape index (κ2) is 7.32. The highest BCUT2D eigenvalue weighted by Crippen LogP contribution is 2.35. The summed E-state index contributed by atoms with van der Waals surface area (Å²) < 4.78 is 26.7. The lowest BCUT2D eigenvalue weighted by molar-refractivity contribution is -0.146. The van der Waals surface area contributed by atoms with Crippen molar-refractivity contribution < 1.29 is 28.3 Å². The predicted octanol–water partition coefficient (Wildman–Crippen LogP) is 0.960. The highest BCUT2D eigenvalue weighted by molar-refractivity contribution is 6.00. The molecule has 0 saturated carbocycles. The summed E-state index contributed by atoms with van der Waals surface area (Å²) in [4.78, 5) is 36.4. The Hall–Kier alpha value is -2.39. The van der Waals surface area contributed by atoms with Crippen LogP contribution in [0.15, 0.2) is 18.2 Å². The Morgan fingerprint density at radius 1 is 1.41 bits per heavy atom. The molecule has 0 spiro atoms. The third-order valence-corrected chi connectivity index (χ3v) is 4.99. The summed E-state index contributed by atoms with van der Waals surface area (Å²) in [5, 5.41) is 15.0. The zero-order valence-corrected chi connectivity index (χ0v) is 14.8. The van der Waals surface area contributed by atoms with Gasteiger partial charge in [-0.3, -0.25) is 24.6 Å². The number of hydrogen-bond acceptors (Lipinski definition) is 5. The molecule has 3 rings (SSSR count). The van der Waals surface area contributed by atoms with E-state index in [4.69, 9.17) is 0 Å². The van der Waals surface area contributed by atoms with Crippen molar-refractivity contribution >= 4 is 17.7 Å². The number of halogens is 2. The van der Waals surface area contributed by atoms with Crippen LogP contribution < -0.4 is 10.6 Å². The van der Waals surface area contributed by atoms with Crippen LogP contribution in [0.1, 0.15) is 49.1 Å². The van der Waals surface area contributed by atoms with E-state index in [1.54, 1.807) is 23.1 Å². The van der Waals surface area contributed by atoms with Gasteiger partial charge in [-0.2, -0.15) is 8.78 Å². The van der Waals surface area contributed by atoms with E-state index in [-0.39, 0.29) is 25.4 Å². The van der Waals surface area contributed by atoms with Crippen molar-refractivity contribution in [2.75, 3.05) is 0 Å². The lowest BCUT2D eigenvalue weighted by atomic mass is 10.0. The predicted molar refractivity (Wildman–Crippen MR) is 90.2 cm³/mol. The number of carbonyl (C=O) groups excluding carboxylic acids is 3. The van der Waals surface area contributed by atoms with Crippen molar-refractivity contribution in [3.05, 3.63) is 34.9 Å². The molecule has 0 aromatic heterocycles. The van der Waals surface area contributed by atoms with Crippen molar-refractivity contribution in [2.45, 2.75) is 57.5 Å². The molecule has 1 aromatic carbocycles. The SMILES string of the molecule is CCC(F)(F)C(=O)NCc1ccc2c(c1)CN(C1CCC(=O)NC1=O)C2O. The van der Waals surface area contributed by atoms with Crippen LogP contribution in [-0.2, 0) is 27.5 Å². The molecule has 146 valence electrons. The van der Waals surface area contributed by atoms with Crippen molar-refractivity contribution in [1.82, 2.24) is 15.5 Å². The van der Waals surface area contributed by atoms with E-state index < -0.39 is 36.4 Å². The molecule has 0 bridgehead atoms. The Balaban J connectivity index is 1.69. The number of aliphatic hydroxyl groups excluding tert-OH is 1. The van der Waals surface area contributed by atoms with Gasteiger partial charge in [-0.25, -0.2) is 0 Å². The Kier molecular flexibility index (Phi) is 5.25. The number of imide groups is 1. The average molecular weight is 381 g/mol. The second-order valence-corrected chi connectivity index (χ2v) is 6.79. The summed E-state index contributed by atoms with van der Waals surface area (Å²) in [6, 6.07) is 4.40. The molecule has 2 heterocycles. The second-order valence-electron chi connectivity index (χ2n) is 6.79. The Labute approximate surface area is 154 Å². The maximum absolute atomic E-state index is 13.3. The fourth-order valence-electron chi connectivity index (χ4n) is 3.37. The molecule has 2 aliphatic rings. The molecule has 1 fully saturated rings. The van der Waals surface area contributed by atoms with Crippen LogP contribution in [0, 0.1) is 0 Å². The molecule has 7 nitrogen and oxygen atoms in total. The van der Waals surface area contributed by atoms with Gasteiger partial charge >= 0.3 is 5.92 Å². The third-order valence-electron chi connectivity index (χ3n) is 4.99. The number of benzene rings is 1. The van der Waals surface area contributed by atoms with Gasteiger partial charge in [0.1, 0.15) is 6.23 Å². The molecule has 3 amide bonds. The minimum absolute atomic E-state index is 0.0593. The van der Waals surface area contributed by atoms with E-state index >= 15 is 0 Å². The molecule has 27 heavy (non-hydrogen) atoms. The van der Waals surface area contributed by atoms with Gasteiger partial charge in [0.2, 0.25) is 11.8 Å². The molecule has 2 atom stereocenters. The van der Waals surface area contributed by atoms with Gasteiger partial charge in [0.15, 0.2) is 0 Å². The number of alkyl halides is 2. The van der Waals surface area contributed by atoms with E-state index in [9.17, 15) is 28.3 Å². The monoisotopic (exact) mass is 381 g/mol. The molecule has 1 saturated heterocycles. The molecule has 2 unspecified atom stereocenters. The summed E-state index contributed by atoms with van der Waals surface area (Å²) in [6.45, 7) is 1.46. The number of nitrogens with zero attached hydrogens (tertiary/aromatic N) is 1. The molecule has 0 aliphatic carbocycles. The minimum Gasteiger partial charge on any atom is -0.374 e. The number of fused-ring (bicyclic) bond motifs is 1. The topological polar surface area (TPSA) is 98.7 Å². The zero-order chi connectivity index (χ0) is 19.8. The van der Waals surface area contributed by atoms with Gasteiger partial charge in [0, 0.05) is 25.9 Å². The Bertz CT molecular complexity index is 784. The lowest BCUT2D eigenvalue weighted by Gasteiger charge is -2.31. The van der Waals surface area contributed by atoms with Gasteiger partial charge in [0.05, 0.1) is 6.04 Å². The molecule has 9 heteroatoms. The van der Waals surface area contributed by atoms with Crippen LogP contribution in [0.4, 0.5) is 8.78 Å². The number of rotatable bonds is 5. The summed E-state index contributed by atoms with van der Waals surface area (Å²) in [5.74, 6) is -5.50. The van der Waals surface area contributed by atoms with Crippen LogP contribution in [0.2, 0.25) is 0 Å². The van der Waals surface area contributed by atoms with Crippen molar-refractivity contribution in [3.8, 4) is 0 Å². The first-order valence-electron chi connectivity index (χ1n) is 8.78. The lowest BCUT2D eigenvalue weighted by Crippen LogP contribution is -2.51. The third kappa shape index (κ3) is 3.84. The number of hydrogen-bond donors (Lipinski definition) is 3. The van der Waals surface area contributed by atoms with Gasteiger partial charge in [-0.05, 0) is 23.1 Å². The van der Waals surface area contributed by atoms with Gasteiger partial charge in [0.25, 0.3) is 5.91 Å². The molecule has 0 radical (unpaired) electrons. The fraction of sp³-hybridized carbons (Fsp3) is 0.500. The largest absolute Gasteiger partial charge is 0.374 e. The van der Waals surface area contributed by atoms with Crippen LogP contribution >= 0.6 is 0 Å². The molecular formula is C18H21F2N3O4. The van der Waals surface area contributed by atoms with Crippen LogP contribution in [0.25, 0.3) is 0 Å². The Morgan fingerprint density at radius 3 is 2.81 bits per heavy atom. The number of amides is 3. The number of piperidine rings is 1. The van der Waals surface area contributed by atoms with E-state index in [0.29, 0.717) is 17.5 Å². The first-order valence-corrected chi connectivity index (χ1v) is 8.78. The van der Waals surface area contributed by atoms with Gasteiger partial charge in [-0.15, -0.1) is 0 Å². The van der Waals surface area contributed by atoms with E-state index in [0.717, 1.165) is 5.56 Å². The minimum atomic E-state index is -3.41. The molecule has 3 N–H and O–H groups in total. The summed E-state index contributed by atoms with van der Waals surface area (Å²) in [6.07, 6.45) is -1.03. The summed E-state index contributed by atoms with van der Waals surface area (Å²) in [5.41, 5.74) is 1.99. The van der Waals surface area contributed by atoms with E-state index in [1.165, 1.54) is 6.92 Å². The maximum Gasteiger partial charge on any atom is 0.324 e. The first kappa shape index (κ1) is 19.4. The first-order chi connectivity index (χ1) is 12.7. The maximum atomic E-state index is 13.3. The van der Waals surface area contributed by atoms with Crippen molar-refractivity contribution in [3.63, 3.8) is 0 Å². The summed E-state index contributed by atoms with van der Waals surface area (Å²) >= 11 is 0. The van der Waals surface area contributed by atoms with Crippen LogP contribution in [-0.4, -0.2) is 39.7 Å². The number of carbonyl (C=O) groups is 3. The van der Waals surface area contributed by atoms with Gasteiger partial charge in [-0.1, -0.05) is 25.1 Å². The quantitative estimate of drug-likeness (QED) is 0.660. The van der Waals surface area contributed by atoms with Crippen LogP contribution in [0.5, 0.6) is 0 Å². The average Bonchev–Trinajstić information content (AvgIpc) is 2.95.